The smallest absolute Gasteiger partial charge is 0.141 e. The van der Waals surface area contributed by atoms with Gasteiger partial charge in [-0.2, -0.15) is 10.2 Å². The normalized spacial score (nSPS) is 12.7. The number of rotatable bonds is 7. The van der Waals surface area contributed by atoms with Crippen molar-refractivity contribution in [1.82, 2.24) is 25.0 Å². The van der Waals surface area contributed by atoms with Crippen LogP contribution in [0.15, 0.2) is 49.1 Å². The van der Waals surface area contributed by atoms with Gasteiger partial charge in [-0.1, -0.05) is 0 Å². The molecule has 4 rings (SSSR count). The van der Waals surface area contributed by atoms with E-state index < -0.39 is 0 Å². The Balaban J connectivity index is 1.54. The number of pyridine rings is 1. The molecular formula is C21H21FN6O. The van der Waals surface area contributed by atoms with Gasteiger partial charge in [0.2, 0.25) is 0 Å². The topological polar surface area (TPSA) is 91.7 Å². The summed E-state index contributed by atoms with van der Waals surface area (Å²) in [6, 6.07) is 7.30. The monoisotopic (exact) mass is 392 g/mol. The Morgan fingerprint density at radius 2 is 2.14 bits per heavy atom. The van der Waals surface area contributed by atoms with Crippen molar-refractivity contribution in [2.24, 2.45) is 0 Å². The molecule has 0 aliphatic carbocycles. The van der Waals surface area contributed by atoms with Crippen LogP contribution in [0.1, 0.15) is 29.8 Å². The minimum Gasteiger partial charge on any atom is -0.394 e. The predicted octanol–water partition coefficient (Wildman–Crippen LogP) is 3.63. The zero-order valence-electron chi connectivity index (χ0n) is 15.9. The minimum atomic E-state index is -0.351. The molecule has 0 amide bonds. The molecule has 0 spiro atoms. The predicted molar refractivity (Wildman–Crippen MR) is 111 cm³/mol. The molecule has 0 unspecified atom stereocenters. The first-order valence-corrected chi connectivity index (χ1v) is 9.29. The summed E-state index contributed by atoms with van der Waals surface area (Å²) >= 11 is 0. The third-order valence-corrected chi connectivity index (χ3v) is 4.62. The molecule has 3 aromatic heterocycles. The molecule has 0 fully saturated rings. The molecule has 0 saturated heterocycles. The van der Waals surface area contributed by atoms with E-state index in [9.17, 15) is 4.39 Å². The summed E-state index contributed by atoms with van der Waals surface area (Å²) in [5.74, 6) is -0.351. The Morgan fingerprint density at radius 3 is 2.97 bits per heavy atom. The van der Waals surface area contributed by atoms with E-state index in [1.165, 1.54) is 12.3 Å². The molecule has 148 valence electrons. The fourth-order valence-corrected chi connectivity index (χ4v) is 3.12. The lowest BCUT2D eigenvalue weighted by molar-refractivity contribution is 0.269. The van der Waals surface area contributed by atoms with Gasteiger partial charge in [-0.25, -0.2) is 4.39 Å². The lowest BCUT2D eigenvalue weighted by Gasteiger charge is -2.15. The third-order valence-electron chi connectivity index (χ3n) is 4.62. The number of H-pyrrole nitrogens is 1. The van der Waals surface area contributed by atoms with Crippen LogP contribution in [0, 0.1) is 5.82 Å². The van der Waals surface area contributed by atoms with Gasteiger partial charge in [0.15, 0.2) is 0 Å². The van der Waals surface area contributed by atoms with Crippen LogP contribution in [0.3, 0.4) is 0 Å². The Labute approximate surface area is 166 Å². The van der Waals surface area contributed by atoms with Gasteiger partial charge in [0, 0.05) is 29.0 Å². The van der Waals surface area contributed by atoms with Crippen molar-refractivity contribution in [3.8, 4) is 0 Å². The Hall–Kier alpha value is -3.52. The molecular weight excluding hydrogens is 371 g/mol. The molecule has 0 bridgehead atoms. The number of aliphatic hydroxyl groups is 1. The molecule has 0 saturated carbocycles. The van der Waals surface area contributed by atoms with E-state index in [2.05, 4.69) is 25.6 Å². The van der Waals surface area contributed by atoms with E-state index in [0.717, 1.165) is 33.4 Å². The molecule has 1 aromatic carbocycles. The summed E-state index contributed by atoms with van der Waals surface area (Å²) in [4.78, 5) is 3.91. The van der Waals surface area contributed by atoms with Gasteiger partial charge in [-0.3, -0.25) is 14.8 Å². The van der Waals surface area contributed by atoms with Crippen LogP contribution in [-0.2, 0) is 6.54 Å². The highest BCUT2D eigenvalue weighted by Gasteiger charge is 2.09. The maximum absolute atomic E-state index is 13.4. The van der Waals surface area contributed by atoms with Gasteiger partial charge in [-0.05, 0) is 48.9 Å². The first-order valence-electron chi connectivity index (χ1n) is 9.29. The van der Waals surface area contributed by atoms with Crippen LogP contribution < -0.4 is 5.32 Å². The van der Waals surface area contributed by atoms with Gasteiger partial charge in [0.25, 0.3) is 0 Å². The number of hydrogen-bond acceptors (Lipinski definition) is 5. The standard InChI is InChI=1S/C21H21FN6O/c1-14(16-8-17(22)12-23-11-16)25-18-3-5-21-19(9-18)20(26-27-21)4-2-15-10-24-28(13-15)6-7-29/h2-5,8-14,25,29H,6-7H2,1H3,(H,26,27)/b4-2+/t14-/m1/s1. The number of anilines is 1. The van der Waals surface area contributed by atoms with E-state index in [1.807, 2.05) is 43.5 Å². The van der Waals surface area contributed by atoms with Crippen LogP contribution >= 0.6 is 0 Å². The zero-order chi connectivity index (χ0) is 20.2. The summed E-state index contributed by atoms with van der Waals surface area (Å²) in [6.45, 7) is 2.48. The van der Waals surface area contributed by atoms with Gasteiger partial charge in [0.05, 0.1) is 42.8 Å². The molecule has 4 aromatic rings. The van der Waals surface area contributed by atoms with E-state index in [1.54, 1.807) is 17.1 Å². The Kier molecular flexibility index (Phi) is 5.35. The van der Waals surface area contributed by atoms with E-state index in [4.69, 9.17) is 5.11 Å². The van der Waals surface area contributed by atoms with Crippen molar-refractivity contribution in [2.75, 3.05) is 11.9 Å². The Bertz CT molecular complexity index is 1150. The highest BCUT2D eigenvalue weighted by Crippen LogP contribution is 2.25. The molecule has 7 nitrogen and oxygen atoms in total. The van der Waals surface area contributed by atoms with Gasteiger partial charge in [0.1, 0.15) is 5.82 Å². The first kappa shape index (κ1) is 18.8. The minimum absolute atomic E-state index is 0.0503. The maximum atomic E-state index is 13.4. The van der Waals surface area contributed by atoms with Crippen LogP contribution in [0.4, 0.5) is 10.1 Å². The molecule has 3 N–H and O–H groups in total. The number of hydrogen-bond donors (Lipinski definition) is 3. The zero-order valence-corrected chi connectivity index (χ0v) is 15.9. The maximum Gasteiger partial charge on any atom is 0.141 e. The summed E-state index contributed by atoms with van der Waals surface area (Å²) in [6.07, 6.45) is 10.3. The lowest BCUT2D eigenvalue weighted by atomic mass is 10.1. The highest BCUT2D eigenvalue weighted by molar-refractivity contribution is 5.91. The highest BCUT2D eigenvalue weighted by atomic mass is 19.1. The number of aromatic nitrogens is 5. The molecule has 29 heavy (non-hydrogen) atoms. The molecule has 1 atom stereocenters. The molecule has 8 heteroatoms. The number of nitrogens with one attached hydrogen (secondary N) is 2. The van der Waals surface area contributed by atoms with Crippen molar-refractivity contribution in [1.29, 1.82) is 0 Å². The number of benzene rings is 1. The number of aromatic amines is 1. The molecule has 3 heterocycles. The first-order chi connectivity index (χ1) is 14.1. The van der Waals surface area contributed by atoms with Crippen molar-refractivity contribution in [3.05, 3.63) is 71.7 Å². The summed E-state index contributed by atoms with van der Waals surface area (Å²) in [5.41, 5.74) is 4.33. The van der Waals surface area contributed by atoms with E-state index in [0.29, 0.717) is 6.54 Å². The Morgan fingerprint density at radius 1 is 1.24 bits per heavy atom. The third kappa shape index (κ3) is 4.33. The fraction of sp³-hybridized carbons (Fsp3) is 0.190. The van der Waals surface area contributed by atoms with E-state index >= 15 is 0 Å². The summed E-state index contributed by atoms with van der Waals surface area (Å²) in [7, 11) is 0. The average molecular weight is 392 g/mol. The van der Waals surface area contributed by atoms with Crippen LogP contribution in [0.25, 0.3) is 23.1 Å². The van der Waals surface area contributed by atoms with Gasteiger partial charge >= 0.3 is 0 Å². The SMILES string of the molecule is C[C@@H](Nc1ccc2[nH]nc(/C=C/c3cnn(CCO)c3)c2c1)c1cncc(F)c1. The molecule has 0 radical (unpaired) electrons. The van der Waals surface area contributed by atoms with Crippen molar-refractivity contribution in [2.45, 2.75) is 19.5 Å². The second-order valence-electron chi connectivity index (χ2n) is 6.77. The molecule has 0 aliphatic rings. The van der Waals surface area contributed by atoms with E-state index in [-0.39, 0.29) is 18.5 Å². The number of nitrogens with zero attached hydrogens (tertiary/aromatic N) is 4. The summed E-state index contributed by atoms with van der Waals surface area (Å²) < 4.78 is 15.1. The van der Waals surface area contributed by atoms with Gasteiger partial charge < -0.3 is 10.4 Å². The number of aliphatic hydroxyl groups excluding tert-OH is 1. The lowest BCUT2D eigenvalue weighted by Crippen LogP contribution is -2.07. The van der Waals surface area contributed by atoms with Crippen molar-refractivity contribution >= 4 is 28.7 Å². The largest absolute Gasteiger partial charge is 0.394 e. The average Bonchev–Trinajstić information content (AvgIpc) is 3.33. The fourth-order valence-electron chi connectivity index (χ4n) is 3.12. The second-order valence-corrected chi connectivity index (χ2v) is 6.77. The second kappa shape index (κ2) is 8.24. The quantitative estimate of drug-likeness (QED) is 0.447. The van der Waals surface area contributed by atoms with Crippen molar-refractivity contribution < 1.29 is 9.50 Å². The van der Waals surface area contributed by atoms with Crippen LogP contribution in [0.2, 0.25) is 0 Å². The van der Waals surface area contributed by atoms with Gasteiger partial charge in [-0.15, -0.1) is 0 Å². The van der Waals surface area contributed by atoms with Crippen LogP contribution in [0.5, 0.6) is 0 Å². The number of fused-ring (bicyclic) bond motifs is 1. The van der Waals surface area contributed by atoms with Crippen molar-refractivity contribution in [3.63, 3.8) is 0 Å². The summed E-state index contributed by atoms with van der Waals surface area (Å²) in [5, 5.41) is 24.9. The van der Waals surface area contributed by atoms with Crippen LogP contribution in [-0.4, -0.2) is 36.7 Å². The number of halogens is 1. The molecule has 0 aliphatic heterocycles.